The van der Waals surface area contributed by atoms with Crippen molar-refractivity contribution >= 4 is 40.5 Å². The molecule has 0 atom stereocenters. The molecule has 0 saturated carbocycles. The lowest BCUT2D eigenvalue weighted by molar-refractivity contribution is -0.137. The van der Waals surface area contributed by atoms with Crippen molar-refractivity contribution < 1.29 is 27.2 Å². The van der Waals surface area contributed by atoms with E-state index in [1.54, 1.807) is 0 Å². The van der Waals surface area contributed by atoms with E-state index in [1.165, 1.54) is 36.2 Å². The molecule has 1 aliphatic heterocycles. The third kappa shape index (κ3) is 4.40. The van der Waals surface area contributed by atoms with E-state index < -0.39 is 34.9 Å². The molecule has 0 spiro atoms. The second-order valence-electron chi connectivity index (χ2n) is 6.85. The molecule has 6 nitrogen and oxygen atoms in total. The molecule has 11 heteroatoms. The molecule has 2 amide bonds. The summed E-state index contributed by atoms with van der Waals surface area (Å²) in [7, 11) is 1.36. The molecule has 0 aliphatic carbocycles. The Morgan fingerprint density at radius 2 is 1.88 bits per heavy atom. The van der Waals surface area contributed by atoms with Gasteiger partial charge in [-0.3, -0.25) is 14.5 Å². The highest BCUT2D eigenvalue weighted by atomic mass is 32.1. The van der Waals surface area contributed by atoms with Crippen LogP contribution < -0.4 is 15.1 Å². The van der Waals surface area contributed by atoms with Crippen LogP contribution >= 0.6 is 12.2 Å². The van der Waals surface area contributed by atoms with Crippen molar-refractivity contribution in [3.63, 3.8) is 0 Å². The number of halogens is 4. The number of carbonyl (C=O) groups is 2. The summed E-state index contributed by atoms with van der Waals surface area (Å²) in [6.07, 6.45) is -4.50. The minimum Gasteiger partial charge on any atom is -0.355 e. The number of carbonyl (C=O) groups excluding carboxylic acids is 2. The van der Waals surface area contributed by atoms with E-state index in [2.05, 4.69) is 5.32 Å². The Bertz CT molecular complexity index is 1140. The summed E-state index contributed by atoms with van der Waals surface area (Å²) < 4.78 is 54.7. The van der Waals surface area contributed by atoms with E-state index in [9.17, 15) is 27.2 Å². The molecule has 1 fully saturated rings. The van der Waals surface area contributed by atoms with Crippen LogP contribution in [-0.2, 0) is 11.0 Å². The maximum atomic E-state index is 14.5. The minimum atomic E-state index is -4.81. The van der Waals surface area contributed by atoms with E-state index in [4.69, 9.17) is 17.5 Å². The van der Waals surface area contributed by atoms with Crippen molar-refractivity contribution in [2.45, 2.75) is 19.0 Å². The van der Waals surface area contributed by atoms with Gasteiger partial charge in [-0.25, -0.2) is 4.39 Å². The third-order valence-electron chi connectivity index (χ3n) is 4.87. The molecule has 1 aliphatic rings. The SMILES string of the molecule is CNC(=O)c1ccc(N2CCCC(=O)N(c3ccc(C#N)c(C(F)(F)F)c3)C2=S)cc1F. The number of benzene rings is 2. The van der Waals surface area contributed by atoms with Gasteiger partial charge in [0.15, 0.2) is 5.11 Å². The minimum absolute atomic E-state index is 0.00318. The first-order valence-corrected chi connectivity index (χ1v) is 9.76. The number of nitrogens with one attached hydrogen (secondary N) is 1. The zero-order valence-electron chi connectivity index (χ0n) is 16.7. The lowest BCUT2D eigenvalue weighted by Gasteiger charge is -2.30. The lowest BCUT2D eigenvalue weighted by Crippen LogP contribution is -2.44. The predicted octanol–water partition coefficient (Wildman–Crippen LogP) is 3.99. The van der Waals surface area contributed by atoms with Crippen LogP contribution in [0.25, 0.3) is 0 Å². The van der Waals surface area contributed by atoms with Gasteiger partial charge in [-0.05, 0) is 55.0 Å². The van der Waals surface area contributed by atoms with E-state index in [1.807, 2.05) is 0 Å². The molecule has 2 aromatic carbocycles. The van der Waals surface area contributed by atoms with Gasteiger partial charge in [-0.2, -0.15) is 18.4 Å². The van der Waals surface area contributed by atoms with Gasteiger partial charge in [0, 0.05) is 25.7 Å². The zero-order chi connectivity index (χ0) is 23.6. The van der Waals surface area contributed by atoms with Crippen LogP contribution in [0.5, 0.6) is 0 Å². The van der Waals surface area contributed by atoms with Crippen LogP contribution in [0.4, 0.5) is 28.9 Å². The fourth-order valence-electron chi connectivity index (χ4n) is 3.31. The van der Waals surface area contributed by atoms with Gasteiger partial charge < -0.3 is 10.2 Å². The van der Waals surface area contributed by atoms with Crippen LogP contribution in [0.1, 0.15) is 34.3 Å². The van der Waals surface area contributed by atoms with E-state index in [-0.39, 0.29) is 35.0 Å². The molecule has 1 heterocycles. The van der Waals surface area contributed by atoms with Gasteiger partial charge in [0.2, 0.25) is 5.91 Å². The van der Waals surface area contributed by atoms with E-state index >= 15 is 0 Å². The molecular formula is C21H16F4N4O2S. The second-order valence-corrected chi connectivity index (χ2v) is 7.21. The van der Waals surface area contributed by atoms with Gasteiger partial charge in [-0.1, -0.05) is 0 Å². The number of hydrogen-bond acceptors (Lipinski definition) is 4. The molecule has 2 aromatic rings. The van der Waals surface area contributed by atoms with Crippen molar-refractivity contribution in [3.05, 3.63) is 58.9 Å². The molecule has 1 saturated heterocycles. The van der Waals surface area contributed by atoms with Crippen molar-refractivity contribution in [3.8, 4) is 6.07 Å². The Kier molecular flexibility index (Phi) is 6.45. The van der Waals surface area contributed by atoms with Crippen molar-refractivity contribution in [2.24, 2.45) is 0 Å². The number of nitrogens with zero attached hydrogens (tertiary/aromatic N) is 3. The first kappa shape index (κ1) is 23.1. The molecule has 32 heavy (non-hydrogen) atoms. The molecular weight excluding hydrogens is 448 g/mol. The van der Waals surface area contributed by atoms with E-state index in [0.717, 1.165) is 17.0 Å². The summed E-state index contributed by atoms with van der Waals surface area (Å²) in [6.45, 7) is 0.211. The topological polar surface area (TPSA) is 76.4 Å². The maximum absolute atomic E-state index is 14.5. The quantitative estimate of drug-likeness (QED) is 0.549. The smallest absolute Gasteiger partial charge is 0.355 e. The molecule has 0 bridgehead atoms. The number of rotatable bonds is 3. The Morgan fingerprint density at radius 1 is 1.19 bits per heavy atom. The largest absolute Gasteiger partial charge is 0.417 e. The molecule has 0 aromatic heterocycles. The number of thiocarbonyl (C=S) groups is 1. The standard InChI is InChI=1S/C21H16F4N4O2S/c1-27-19(31)15-7-6-13(10-17(15)22)28-8-2-3-18(30)29(20(28)32)14-5-4-12(11-26)16(9-14)21(23,24)25/h4-7,9-10H,2-3,8H2,1H3,(H,27,31). The number of alkyl halides is 3. The van der Waals surface area contributed by atoms with Gasteiger partial charge in [-0.15, -0.1) is 0 Å². The normalized spacial score (nSPS) is 14.8. The van der Waals surface area contributed by atoms with Crippen LogP contribution in [0.3, 0.4) is 0 Å². The Balaban J connectivity index is 2.04. The monoisotopic (exact) mass is 464 g/mol. The van der Waals surface area contributed by atoms with Gasteiger partial charge in [0.05, 0.1) is 28.4 Å². The molecule has 166 valence electrons. The Morgan fingerprint density at radius 3 is 2.47 bits per heavy atom. The summed E-state index contributed by atoms with van der Waals surface area (Å²) in [5.41, 5.74) is -1.87. The summed E-state index contributed by atoms with van der Waals surface area (Å²) in [4.78, 5) is 26.8. The van der Waals surface area contributed by atoms with Crippen molar-refractivity contribution in [1.29, 1.82) is 5.26 Å². The Hall–Kier alpha value is -3.52. The fourth-order valence-corrected chi connectivity index (χ4v) is 3.72. The molecule has 1 N–H and O–H groups in total. The average molecular weight is 464 g/mol. The van der Waals surface area contributed by atoms with Gasteiger partial charge in [0.25, 0.3) is 5.91 Å². The van der Waals surface area contributed by atoms with Crippen molar-refractivity contribution in [1.82, 2.24) is 5.32 Å². The average Bonchev–Trinajstić information content (AvgIpc) is 2.89. The van der Waals surface area contributed by atoms with Gasteiger partial charge >= 0.3 is 6.18 Å². The summed E-state index contributed by atoms with van der Waals surface area (Å²) in [6, 6.07) is 8.13. The van der Waals surface area contributed by atoms with Gasteiger partial charge in [0.1, 0.15) is 5.82 Å². The van der Waals surface area contributed by atoms with Crippen LogP contribution in [0.2, 0.25) is 0 Å². The summed E-state index contributed by atoms with van der Waals surface area (Å²) in [5.74, 6) is -1.97. The van der Waals surface area contributed by atoms with Crippen LogP contribution in [0, 0.1) is 17.1 Å². The first-order valence-electron chi connectivity index (χ1n) is 9.36. The van der Waals surface area contributed by atoms with Crippen molar-refractivity contribution in [2.75, 3.05) is 23.4 Å². The highest BCUT2D eigenvalue weighted by Crippen LogP contribution is 2.35. The maximum Gasteiger partial charge on any atom is 0.417 e. The predicted molar refractivity (Wildman–Crippen MR) is 113 cm³/mol. The third-order valence-corrected chi connectivity index (χ3v) is 5.27. The zero-order valence-corrected chi connectivity index (χ0v) is 17.5. The highest BCUT2D eigenvalue weighted by Gasteiger charge is 2.36. The van der Waals surface area contributed by atoms with Crippen LogP contribution in [0.15, 0.2) is 36.4 Å². The number of hydrogen-bond donors (Lipinski definition) is 1. The number of anilines is 2. The highest BCUT2D eigenvalue weighted by molar-refractivity contribution is 7.81. The van der Waals surface area contributed by atoms with Crippen LogP contribution in [-0.4, -0.2) is 30.5 Å². The first-order chi connectivity index (χ1) is 15.1. The molecule has 3 rings (SSSR count). The van der Waals surface area contributed by atoms with E-state index in [0.29, 0.717) is 12.5 Å². The lowest BCUT2D eigenvalue weighted by atomic mass is 10.1. The fraction of sp³-hybridized carbons (Fsp3) is 0.238. The summed E-state index contributed by atoms with van der Waals surface area (Å²) >= 11 is 5.41. The Labute approximate surface area is 186 Å². The molecule has 0 unspecified atom stereocenters. The number of nitriles is 1. The summed E-state index contributed by atoms with van der Waals surface area (Å²) in [5, 5.41) is 11.2. The molecule has 0 radical (unpaired) electrons. The number of amides is 2. The second kappa shape index (κ2) is 8.92.